The average Bonchev–Trinajstić information content (AvgIpc) is 2.49. The van der Waals surface area contributed by atoms with Crippen molar-refractivity contribution in [1.82, 2.24) is 0 Å². The highest BCUT2D eigenvalue weighted by Crippen LogP contribution is 2.63. The first-order valence-corrected chi connectivity index (χ1v) is 7.97. The second-order valence-electron chi connectivity index (χ2n) is 7.77. The fourth-order valence-corrected chi connectivity index (χ4v) is 4.52. The van der Waals surface area contributed by atoms with E-state index in [1.165, 1.54) is 0 Å². The Labute approximate surface area is 142 Å². The number of hydrogen-bond donors (Lipinski definition) is 1. The van der Waals surface area contributed by atoms with Crippen molar-refractivity contribution in [1.29, 1.82) is 0 Å². The lowest BCUT2D eigenvalue weighted by atomic mass is 9.43. The van der Waals surface area contributed by atoms with Crippen LogP contribution in [0.3, 0.4) is 0 Å². The van der Waals surface area contributed by atoms with Crippen LogP contribution >= 0.6 is 0 Å². The molecule has 140 valence electrons. The van der Waals surface area contributed by atoms with Gasteiger partial charge in [0.05, 0.1) is 12.8 Å². The Morgan fingerprint density at radius 1 is 1.36 bits per heavy atom. The molecule has 0 amide bonds. The normalized spacial score (nSPS) is 38.5. The summed E-state index contributed by atoms with van der Waals surface area (Å²) in [7, 11) is 0.697. The van der Waals surface area contributed by atoms with Crippen LogP contribution in [-0.4, -0.2) is 53.3 Å². The van der Waals surface area contributed by atoms with Gasteiger partial charge in [0.2, 0.25) is 0 Å². The van der Waals surface area contributed by atoms with Crippen LogP contribution in [0.4, 0.5) is 13.2 Å². The molecule has 3 fully saturated rings. The minimum Gasteiger partial charge on any atom is -0.467 e. The number of carbonyl (C=O) groups is 2. The molecule has 0 aromatic carbocycles. The first-order chi connectivity index (χ1) is 11.3. The zero-order valence-corrected chi connectivity index (χ0v) is 14.3. The van der Waals surface area contributed by atoms with E-state index in [0.29, 0.717) is 13.5 Å². The number of aliphatic imine (C=N–C) groups is 1. The van der Waals surface area contributed by atoms with Gasteiger partial charge in [-0.15, -0.1) is 0 Å². The Morgan fingerprint density at radius 3 is 2.44 bits per heavy atom. The summed E-state index contributed by atoms with van der Waals surface area (Å²) in [5.74, 6) is -3.23. The van der Waals surface area contributed by atoms with Crippen LogP contribution in [0.5, 0.6) is 0 Å². The van der Waals surface area contributed by atoms with Crippen LogP contribution in [0, 0.1) is 17.3 Å². The van der Waals surface area contributed by atoms with E-state index in [1.54, 1.807) is 6.92 Å². The van der Waals surface area contributed by atoms with Gasteiger partial charge >= 0.3 is 18.1 Å². The number of esters is 2. The third kappa shape index (κ3) is 2.10. The number of carbonyl (C=O) groups excluding carboxylic acids is 2. The molecule has 6 nitrogen and oxygen atoms in total. The summed E-state index contributed by atoms with van der Waals surface area (Å²) in [6.07, 6.45) is -4.29. The number of nitrogens with zero attached hydrogens (tertiary/aromatic N) is 1. The Kier molecular flexibility index (Phi) is 3.60. The molecule has 1 heterocycles. The van der Waals surface area contributed by atoms with E-state index < -0.39 is 35.4 Å². The molecule has 1 N–H and O–H groups in total. The third-order valence-corrected chi connectivity index (χ3v) is 6.29. The highest BCUT2D eigenvalue weighted by molar-refractivity contribution is 6.03. The lowest BCUT2D eigenvalue weighted by molar-refractivity contribution is -0.271. The number of hydrogen-bond acceptors (Lipinski definition) is 6. The van der Waals surface area contributed by atoms with Gasteiger partial charge < -0.3 is 14.6 Å². The van der Waals surface area contributed by atoms with Crippen molar-refractivity contribution >= 4 is 17.7 Å². The maximum absolute atomic E-state index is 13.4. The lowest BCUT2D eigenvalue weighted by Gasteiger charge is -2.64. The van der Waals surface area contributed by atoms with E-state index in [1.807, 2.05) is 13.8 Å². The topological polar surface area (TPSA) is 85.2 Å². The van der Waals surface area contributed by atoms with E-state index in [0.717, 1.165) is 6.42 Å². The molecular weight excluding hydrogens is 343 g/mol. The molecule has 2 bridgehead atoms. The van der Waals surface area contributed by atoms with Crippen molar-refractivity contribution in [2.45, 2.75) is 57.0 Å². The molecule has 1 aliphatic heterocycles. The molecule has 4 rings (SSSR count). The Morgan fingerprint density at radius 2 is 1.96 bits per heavy atom. The molecule has 25 heavy (non-hydrogen) atoms. The van der Waals surface area contributed by atoms with Crippen molar-refractivity contribution in [2.24, 2.45) is 22.2 Å². The molecule has 0 unspecified atom stereocenters. The SMILES string of the molecule is COC(=O)[C@@](O)([C@@H]1N=C2C[C@@H]3C[C@@H](C3(C)C)[C@]2(C)OC1=O)C(F)(F)F. The van der Waals surface area contributed by atoms with Gasteiger partial charge in [0.1, 0.15) is 0 Å². The van der Waals surface area contributed by atoms with E-state index in [9.17, 15) is 27.9 Å². The Bertz CT molecular complexity index is 673. The fourth-order valence-electron chi connectivity index (χ4n) is 4.52. The molecular formula is C16H20F3NO5. The average molecular weight is 363 g/mol. The van der Waals surface area contributed by atoms with Crippen molar-refractivity contribution in [3.8, 4) is 0 Å². The summed E-state index contributed by atoms with van der Waals surface area (Å²) in [5.41, 5.74) is -5.04. The van der Waals surface area contributed by atoms with Crippen LogP contribution in [0.25, 0.3) is 0 Å². The fraction of sp³-hybridized carbons (Fsp3) is 0.812. The van der Waals surface area contributed by atoms with Crippen molar-refractivity contribution < 1.29 is 37.3 Å². The second kappa shape index (κ2) is 4.96. The van der Waals surface area contributed by atoms with Gasteiger partial charge in [0.25, 0.3) is 5.60 Å². The largest absolute Gasteiger partial charge is 0.467 e. The van der Waals surface area contributed by atoms with Crippen molar-refractivity contribution in [2.75, 3.05) is 7.11 Å². The predicted octanol–water partition coefficient (Wildman–Crippen LogP) is 1.64. The van der Waals surface area contributed by atoms with Crippen molar-refractivity contribution in [3.05, 3.63) is 0 Å². The molecule has 4 aliphatic rings. The van der Waals surface area contributed by atoms with E-state index in [2.05, 4.69) is 9.73 Å². The molecule has 3 aliphatic carbocycles. The number of rotatable bonds is 2. The predicted molar refractivity (Wildman–Crippen MR) is 78.7 cm³/mol. The summed E-state index contributed by atoms with van der Waals surface area (Å²) in [5, 5.41) is 10.1. The minimum absolute atomic E-state index is 0.0699. The maximum atomic E-state index is 13.4. The highest BCUT2D eigenvalue weighted by Gasteiger charge is 2.72. The van der Waals surface area contributed by atoms with Crippen LogP contribution in [0.1, 0.15) is 33.6 Å². The molecule has 0 aromatic rings. The smallest absolute Gasteiger partial charge is 0.431 e. The number of ether oxygens (including phenoxy) is 2. The summed E-state index contributed by atoms with van der Waals surface area (Å²) < 4.78 is 49.7. The summed E-state index contributed by atoms with van der Waals surface area (Å²) in [6, 6.07) is -2.43. The van der Waals surface area contributed by atoms with Crippen LogP contribution in [0.2, 0.25) is 0 Å². The third-order valence-electron chi connectivity index (χ3n) is 6.29. The molecule has 3 saturated carbocycles. The zero-order valence-electron chi connectivity index (χ0n) is 14.3. The number of methoxy groups -OCH3 is 1. The Balaban J connectivity index is 2.07. The summed E-state index contributed by atoms with van der Waals surface area (Å²) in [6.45, 7) is 5.68. The quantitative estimate of drug-likeness (QED) is 0.754. The van der Waals surface area contributed by atoms with Gasteiger partial charge in [-0.2, -0.15) is 13.2 Å². The van der Waals surface area contributed by atoms with E-state index in [-0.39, 0.29) is 23.0 Å². The monoisotopic (exact) mass is 363 g/mol. The van der Waals surface area contributed by atoms with Gasteiger partial charge in [-0.1, -0.05) is 13.8 Å². The summed E-state index contributed by atoms with van der Waals surface area (Å²) >= 11 is 0. The van der Waals surface area contributed by atoms with Crippen molar-refractivity contribution in [3.63, 3.8) is 0 Å². The molecule has 0 spiro atoms. The van der Waals surface area contributed by atoms with Gasteiger partial charge in [-0.3, -0.25) is 4.99 Å². The van der Waals surface area contributed by atoms with E-state index in [4.69, 9.17) is 4.74 Å². The van der Waals surface area contributed by atoms with Crippen LogP contribution < -0.4 is 0 Å². The molecule has 5 atom stereocenters. The standard InChI is InChI=1S/C16H20F3NO5/c1-13(2)7-5-8(13)14(3)9(6-7)20-10(11(21)25-14)15(23,12(22)24-4)16(17,18)19/h7-8,10,23H,5-6H2,1-4H3/t7-,8-,10+,14-,15-/m0/s1. The first-order valence-electron chi connectivity index (χ1n) is 7.97. The molecule has 0 radical (unpaired) electrons. The van der Waals surface area contributed by atoms with Crippen LogP contribution in [0.15, 0.2) is 4.99 Å². The molecule has 0 saturated heterocycles. The minimum atomic E-state index is -5.45. The molecule has 9 heteroatoms. The zero-order chi connectivity index (χ0) is 19.0. The lowest BCUT2D eigenvalue weighted by Crippen LogP contribution is -2.71. The Hall–Kier alpha value is -1.64. The van der Waals surface area contributed by atoms with Gasteiger partial charge in [-0.25, -0.2) is 9.59 Å². The first kappa shape index (κ1) is 18.2. The van der Waals surface area contributed by atoms with Crippen LogP contribution in [-0.2, 0) is 19.1 Å². The number of halogens is 3. The number of alkyl halides is 3. The molecule has 0 aromatic heterocycles. The van der Waals surface area contributed by atoms with E-state index >= 15 is 0 Å². The maximum Gasteiger partial charge on any atom is 0.431 e. The van der Waals surface area contributed by atoms with Gasteiger partial charge in [0, 0.05) is 5.92 Å². The highest BCUT2D eigenvalue weighted by atomic mass is 19.4. The van der Waals surface area contributed by atoms with Gasteiger partial charge in [-0.05, 0) is 31.1 Å². The summed E-state index contributed by atoms with van der Waals surface area (Å²) in [4.78, 5) is 27.9. The second-order valence-corrected chi connectivity index (χ2v) is 7.77. The van der Waals surface area contributed by atoms with Gasteiger partial charge in [0.15, 0.2) is 11.6 Å². The number of aliphatic hydroxyl groups is 1.